The van der Waals surface area contributed by atoms with Crippen LogP contribution in [0.15, 0.2) is 54.7 Å². The molecule has 1 aromatic heterocycles. The van der Waals surface area contributed by atoms with Crippen LogP contribution in [-0.2, 0) is 11.3 Å². The van der Waals surface area contributed by atoms with Crippen LogP contribution in [-0.4, -0.2) is 27.6 Å². The Kier molecular flexibility index (Phi) is 6.21. The van der Waals surface area contributed by atoms with E-state index in [9.17, 15) is 4.79 Å². The van der Waals surface area contributed by atoms with E-state index in [0.717, 1.165) is 22.4 Å². The first-order valence-electron chi connectivity index (χ1n) is 8.56. The van der Waals surface area contributed by atoms with Crippen LogP contribution in [0.1, 0.15) is 11.1 Å². The summed E-state index contributed by atoms with van der Waals surface area (Å²) >= 11 is 3.29. The molecule has 0 aliphatic heterocycles. The van der Waals surface area contributed by atoms with E-state index < -0.39 is 0 Å². The molecule has 28 heavy (non-hydrogen) atoms. The molecule has 138 valence electrons. The van der Waals surface area contributed by atoms with E-state index in [4.69, 9.17) is 10.5 Å². The lowest BCUT2D eigenvalue weighted by Gasteiger charge is -2.11. The van der Waals surface area contributed by atoms with Gasteiger partial charge in [0, 0.05) is 23.0 Å². The molecule has 2 aromatic carbocycles. The predicted octanol–water partition coefficient (Wildman–Crippen LogP) is 3.47. The number of carbonyl (C=O) groups is 1. The lowest BCUT2D eigenvalue weighted by molar-refractivity contribution is -0.121. The summed E-state index contributed by atoms with van der Waals surface area (Å²) < 4.78 is 1.65. The highest BCUT2D eigenvalue weighted by Gasteiger charge is 2.17. The van der Waals surface area contributed by atoms with Crippen molar-refractivity contribution in [1.82, 2.24) is 15.1 Å². The molecule has 0 unspecified atom stereocenters. The van der Waals surface area contributed by atoms with Crippen LogP contribution in [0, 0.1) is 22.7 Å². The van der Waals surface area contributed by atoms with Gasteiger partial charge in [0.1, 0.15) is 6.54 Å². The quantitative estimate of drug-likeness (QED) is 0.601. The first-order chi connectivity index (χ1) is 13.7. The van der Waals surface area contributed by atoms with E-state index >= 15 is 0 Å². The van der Waals surface area contributed by atoms with Crippen molar-refractivity contribution < 1.29 is 4.79 Å². The average molecular weight is 434 g/mol. The molecule has 0 aliphatic rings. The summed E-state index contributed by atoms with van der Waals surface area (Å²) in [5, 5.41) is 26.0. The largest absolute Gasteiger partial charge is 0.354 e. The Hall–Kier alpha value is -3.42. The first kappa shape index (κ1) is 19.3. The summed E-state index contributed by atoms with van der Waals surface area (Å²) in [7, 11) is 0. The molecule has 0 atom stereocenters. The molecule has 0 saturated heterocycles. The molecule has 3 aromatic rings. The number of halogens is 1. The minimum absolute atomic E-state index is 0.0820. The SMILES string of the molecule is N#Cc1ccc(-c2cnn(CC(=O)NCCBr)c2-c2ccc(C#N)cc2)cc1. The Balaban J connectivity index is 2.05. The zero-order valence-corrected chi connectivity index (χ0v) is 16.5. The number of amides is 1. The zero-order chi connectivity index (χ0) is 19.9. The Morgan fingerprint density at radius 2 is 1.57 bits per heavy atom. The van der Waals surface area contributed by atoms with E-state index in [1.165, 1.54) is 0 Å². The van der Waals surface area contributed by atoms with Crippen molar-refractivity contribution in [3.8, 4) is 34.5 Å². The van der Waals surface area contributed by atoms with Gasteiger partial charge in [0.05, 0.1) is 35.2 Å². The van der Waals surface area contributed by atoms with Crippen molar-refractivity contribution in [2.24, 2.45) is 0 Å². The van der Waals surface area contributed by atoms with Gasteiger partial charge in [0.15, 0.2) is 0 Å². The van der Waals surface area contributed by atoms with Crippen molar-refractivity contribution in [2.75, 3.05) is 11.9 Å². The molecule has 0 radical (unpaired) electrons. The minimum Gasteiger partial charge on any atom is -0.354 e. The highest BCUT2D eigenvalue weighted by molar-refractivity contribution is 9.09. The Bertz CT molecular complexity index is 1060. The molecule has 0 saturated carbocycles. The maximum atomic E-state index is 12.2. The van der Waals surface area contributed by atoms with Gasteiger partial charge in [0.25, 0.3) is 0 Å². The van der Waals surface area contributed by atoms with Gasteiger partial charge in [0.2, 0.25) is 5.91 Å². The number of nitrogens with one attached hydrogen (secondary N) is 1. The molecule has 0 bridgehead atoms. The fourth-order valence-electron chi connectivity index (χ4n) is 2.83. The highest BCUT2D eigenvalue weighted by Crippen LogP contribution is 2.32. The summed E-state index contributed by atoms with van der Waals surface area (Å²) in [6.45, 7) is 0.618. The number of nitriles is 2. The molecule has 1 N–H and O–H groups in total. The zero-order valence-electron chi connectivity index (χ0n) is 14.9. The van der Waals surface area contributed by atoms with Crippen molar-refractivity contribution in [3.63, 3.8) is 0 Å². The number of alkyl halides is 1. The smallest absolute Gasteiger partial charge is 0.241 e. The Morgan fingerprint density at radius 3 is 2.11 bits per heavy atom. The Morgan fingerprint density at radius 1 is 1.00 bits per heavy atom. The molecular weight excluding hydrogens is 418 g/mol. The highest BCUT2D eigenvalue weighted by atomic mass is 79.9. The van der Waals surface area contributed by atoms with Gasteiger partial charge in [-0.3, -0.25) is 9.48 Å². The van der Waals surface area contributed by atoms with Gasteiger partial charge < -0.3 is 5.32 Å². The molecule has 0 spiro atoms. The van der Waals surface area contributed by atoms with Crippen LogP contribution in [0.3, 0.4) is 0 Å². The first-order valence-corrected chi connectivity index (χ1v) is 9.68. The normalized spacial score (nSPS) is 10.1. The summed E-state index contributed by atoms with van der Waals surface area (Å²) in [5.74, 6) is -0.135. The number of hydrogen-bond acceptors (Lipinski definition) is 4. The summed E-state index contributed by atoms with van der Waals surface area (Å²) in [6, 6.07) is 18.6. The van der Waals surface area contributed by atoms with Crippen molar-refractivity contribution in [2.45, 2.75) is 6.54 Å². The van der Waals surface area contributed by atoms with E-state index in [2.05, 4.69) is 38.5 Å². The van der Waals surface area contributed by atoms with Crippen LogP contribution in [0.4, 0.5) is 0 Å². The number of nitrogens with zero attached hydrogens (tertiary/aromatic N) is 4. The van der Waals surface area contributed by atoms with E-state index in [0.29, 0.717) is 23.0 Å². The van der Waals surface area contributed by atoms with Gasteiger partial charge in [-0.05, 0) is 29.8 Å². The van der Waals surface area contributed by atoms with Gasteiger partial charge in [-0.25, -0.2) is 0 Å². The second-order valence-corrected chi connectivity index (χ2v) is 6.77. The van der Waals surface area contributed by atoms with Crippen LogP contribution in [0.25, 0.3) is 22.4 Å². The molecule has 7 heteroatoms. The topological polar surface area (TPSA) is 94.5 Å². The molecule has 3 rings (SSSR count). The van der Waals surface area contributed by atoms with Crippen molar-refractivity contribution in [3.05, 3.63) is 65.9 Å². The maximum absolute atomic E-state index is 12.2. The fraction of sp³-hybridized carbons (Fsp3) is 0.143. The Labute approximate surface area is 171 Å². The van der Waals surface area contributed by atoms with Gasteiger partial charge in [-0.2, -0.15) is 15.6 Å². The van der Waals surface area contributed by atoms with Crippen molar-refractivity contribution in [1.29, 1.82) is 10.5 Å². The molecular formula is C21H16BrN5O. The van der Waals surface area contributed by atoms with Gasteiger partial charge in [-0.15, -0.1) is 0 Å². The minimum atomic E-state index is -0.135. The predicted molar refractivity (Wildman–Crippen MR) is 109 cm³/mol. The summed E-state index contributed by atoms with van der Waals surface area (Å²) in [6.07, 6.45) is 1.71. The molecule has 0 fully saturated rings. The second kappa shape index (κ2) is 8.98. The van der Waals surface area contributed by atoms with Crippen LogP contribution < -0.4 is 5.32 Å². The summed E-state index contributed by atoms with van der Waals surface area (Å²) in [4.78, 5) is 12.2. The van der Waals surface area contributed by atoms with Crippen molar-refractivity contribution >= 4 is 21.8 Å². The number of rotatable bonds is 6. The van der Waals surface area contributed by atoms with Gasteiger partial charge in [-0.1, -0.05) is 40.2 Å². The number of benzene rings is 2. The standard InChI is InChI=1S/C21H16BrN5O/c22-9-10-25-20(28)14-27-21(18-7-3-16(12-24)4-8-18)19(13-26-27)17-5-1-15(11-23)2-6-17/h1-8,13H,9-10,14H2,(H,25,28). The summed E-state index contributed by atoms with van der Waals surface area (Å²) in [5.41, 5.74) is 4.51. The maximum Gasteiger partial charge on any atom is 0.241 e. The average Bonchev–Trinajstić information content (AvgIpc) is 3.15. The van der Waals surface area contributed by atoms with Crippen LogP contribution in [0.2, 0.25) is 0 Å². The third-order valence-electron chi connectivity index (χ3n) is 4.16. The molecule has 0 aliphatic carbocycles. The van der Waals surface area contributed by atoms with Gasteiger partial charge >= 0.3 is 0 Å². The van der Waals surface area contributed by atoms with E-state index in [1.807, 2.05) is 24.3 Å². The second-order valence-electron chi connectivity index (χ2n) is 5.98. The number of aromatic nitrogens is 2. The number of hydrogen-bond donors (Lipinski definition) is 1. The molecule has 6 nitrogen and oxygen atoms in total. The number of carbonyl (C=O) groups excluding carboxylic acids is 1. The third kappa shape index (κ3) is 4.28. The molecule has 1 amide bonds. The van der Waals surface area contributed by atoms with E-state index in [1.54, 1.807) is 35.1 Å². The lowest BCUT2D eigenvalue weighted by Crippen LogP contribution is -2.29. The fourth-order valence-corrected chi connectivity index (χ4v) is 3.02. The van der Waals surface area contributed by atoms with Crippen LogP contribution >= 0.6 is 15.9 Å². The molecule has 1 heterocycles. The van der Waals surface area contributed by atoms with E-state index in [-0.39, 0.29) is 12.5 Å². The lowest BCUT2D eigenvalue weighted by atomic mass is 10.00. The van der Waals surface area contributed by atoms with Crippen LogP contribution in [0.5, 0.6) is 0 Å². The third-order valence-corrected chi connectivity index (χ3v) is 4.56. The monoisotopic (exact) mass is 433 g/mol.